The topological polar surface area (TPSA) is 12.4 Å². The molecule has 0 spiro atoms. The molecule has 1 heteroatoms. The van der Waals surface area contributed by atoms with Crippen molar-refractivity contribution in [2.75, 3.05) is 0 Å². The summed E-state index contributed by atoms with van der Waals surface area (Å²) in [6, 6.07) is 0. The van der Waals surface area contributed by atoms with Gasteiger partial charge in [-0.3, -0.25) is 4.99 Å². The van der Waals surface area contributed by atoms with Gasteiger partial charge >= 0.3 is 0 Å². The third-order valence-corrected chi connectivity index (χ3v) is 5.09. The fourth-order valence-electron chi connectivity index (χ4n) is 2.38. The molecule has 0 saturated carbocycles. The van der Waals surface area contributed by atoms with Gasteiger partial charge in [-0.2, -0.15) is 0 Å². The van der Waals surface area contributed by atoms with Crippen molar-refractivity contribution in [1.29, 1.82) is 0 Å². The van der Waals surface area contributed by atoms with Crippen molar-refractivity contribution in [2.45, 2.75) is 169 Å². The predicted molar refractivity (Wildman–Crippen MR) is 196 cm³/mol. The van der Waals surface area contributed by atoms with Crippen molar-refractivity contribution in [3.63, 3.8) is 0 Å². The Morgan fingerprint density at radius 3 is 1.48 bits per heavy atom. The van der Waals surface area contributed by atoms with Gasteiger partial charge in [-0.05, 0) is 73.5 Å². The summed E-state index contributed by atoms with van der Waals surface area (Å²) in [7, 11) is 0. The molecule has 0 aromatic rings. The second kappa shape index (κ2) is 37.4. The lowest BCUT2D eigenvalue weighted by atomic mass is 9.94. The highest BCUT2D eigenvalue weighted by atomic mass is 14.7. The smallest absolute Gasteiger partial charge is 0.0438 e. The van der Waals surface area contributed by atoms with Crippen LogP contribution in [-0.4, -0.2) is 6.21 Å². The second-order valence-electron chi connectivity index (χ2n) is 11.9. The van der Waals surface area contributed by atoms with Crippen molar-refractivity contribution < 1.29 is 0 Å². The summed E-state index contributed by atoms with van der Waals surface area (Å²) in [5, 5.41) is 0. The van der Waals surface area contributed by atoms with Crippen LogP contribution in [0.4, 0.5) is 0 Å². The number of aliphatic imine (C=N–C) groups is 1. The fourth-order valence-corrected chi connectivity index (χ4v) is 2.38. The third kappa shape index (κ3) is 49.3. The summed E-state index contributed by atoms with van der Waals surface area (Å²) in [5.41, 5.74) is 6.18. The van der Waals surface area contributed by atoms with E-state index in [1.54, 1.807) is 6.08 Å². The average Bonchev–Trinajstić information content (AvgIpc) is 2.88. The Kier molecular flexibility index (Phi) is 47.8. The summed E-state index contributed by atoms with van der Waals surface area (Å²) >= 11 is 0. The van der Waals surface area contributed by atoms with Crippen molar-refractivity contribution in [3.8, 4) is 0 Å². The average molecular weight is 562 g/mol. The SMILES string of the molecule is C=C(C=N/C(CC(C)C)=C(\C)C(=C)CCC)C(=C)CCCCC.C=CC.CC.CC.CC(C)C.CCC(C)(C)C. The first-order chi connectivity index (χ1) is 18.5. The van der Waals surface area contributed by atoms with E-state index in [4.69, 9.17) is 4.99 Å². The molecule has 1 nitrogen and oxygen atoms in total. The maximum Gasteiger partial charge on any atom is 0.0438 e. The molecule has 0 N–H and O–H groups in total. The van der Waals surface area contributed by atoms with Crippen LogP contribution >= 0.6 is 0 Å². The maximum atomic E-state index is 4.75. The van der Waals surface area contributed by atoms with Crippen LogP contribution in [0.25, 0.3) is 0 Å². The third-order valence-electron chi connectivity index (χ3n) is 5.09. The Balaban J connectivity index is -0.000000139. The van der Waals surface area contributed by atoms with Gasteiger partial charge in [-0.25, -0.2) is 0 Å². The molecule has 0 atom stereocenters. The maximum absolute atomic E-state index is 4.75. The second-order valence-corrected chi connectivity index (χ2v) is 11.9. The summed E-state index contributed by atoms with van der Waals surface area (Å²) in [4.78, 5) is 4.75. The van der Waals surface area contributed by atoms with Crippen LogP contribution in [0, 0.1) is 17.3 Å². The zero-order chi connectivity index (χ0) is 33.3. The Labute approximate surface area is 257 Å². The normalized spacial score (nSPS) is 10.6. The van der Waals surface area contributed by atoms with Crippen LogP contribution in [0.15, 0.2) is 65.4 Å². The first-order valence-electron chi connectivity index (χ1n) is 16.4. The standard InChI is InChI=1S/C22H37N.C6H14.C4H10.C3H6.2C2H6/c1-9-11-12-14-18(5)20(7)16-23-22(15-17(3)4)21(8)19(6)13-10-2;1-5-6(2,3)4;1-4(2)3;1-3-2;2*1-2/h16-17H,5-7,9-15H2,1-4,8H3;5H2,1-4H3;4H,1-3H3;3H,1H2,2H3;2*1-2H3/b22-21+,23-16?;;;;;. The first kappa shape index (κ1) is 51.1. The highest BCUT2D eigenvalue weighted by Crippen LogP contribution is 2.24. The summed E-state index contributed by atoms with van der Waals surface area (Å²) in [5.74, 6) is 1.41. The molecule has 0 aliphatic rings. The zero-order valence-electron chi connectivity index (χ0n) is 31.2. The van der Waals surface area contributed by atoms with E-state index < -0.39 is 0 Å². The molecule has 0 bridgehead atoms. The van der Waals surface area contributed by atoms with Gasteiger partial charge in [0.15, 0.2) is 0 Å². The van der Waals surface area contributed by atoms with Gasteiger partial charge in [-0.15, -0.1) is 6.58 Å². The quantitative estimate of drug-likeness (QED) is 0.0972. The van der Waals surface area contributed by atoms with E-state index in [9.17, 15) is 0 Å². The van der Waals surface area contributed by atoms with Crippen molar-refractivity contribution >= 4 is 6.21 Å². The molecule has 0 heterocycles. The highest BCUT2D eigenvalue weighted by Gasteiger charge is 2.08. The van der Waals surface area contributed by atoms with Crippen LogP contribution in [0.5, 0.6) is 0 Å². The Morgan fingerprint density at radius 2 is 1.18 bits per heavy atom. The Bertz CT molecular complexity index is 629. The molecule has 0 aromatic carbocycles. The first-order valence-corrected chi connectivity index (χ1v) is 16.4. The number of unbranched alkanes of at least 4 members (excludes halogenated alkanes) is 2. The van der Waals surface area contributed by atoms with E-state index in [-0.39, 0.29) is 0 Å². The van der Waals surface area contributed by atoms with E-state index in [0.717, 1.165) is 48.4 Å². The minimum absolute atomic E-state index is 0.542. The number of rotatable bonds is 12. The minimum Gasteiger partial charge on any atom is -0.260 e. The van der Waals surface area contributed by atoms with Crippen LogP contribution < -0.4 is 0 Å². The van der Waals surface area contributed by atoms with Gasteiger partial charge < -0.3 is 0 Å². The number of allylic oxidation sites excluding steroid dienone is 6. The minimum atomic E-state index is 0.542. The fraction of sp³-hybridized carbons (Fsp3) is 0.718. The Morgan fingerprint density at radius 1 is 0.775 bits per heavy atom. The predicted octanol–water partition coefficient (Wildman–Crippen LogP) is 14.8. The summed E-state index contributed by atoms with van der Waals surface area (Å²) in [6.45, 7) is 52.2. The van der Waals surface area contributed by atoms with Gasteiger partial charge in [-0.1, -0.05) is 161 Å². The van der Waals surface area contributed by atoms with Crippen LogP contribution in [0.2, 0.25) is 0 Å². The zero-order valence-corrected chi connectivity index (χ0v) is 31.2. The van der Waals surface area contributed by atoms with E-state index in [1.807, 2.05) is 40.8 Å². The molecule has 0 rings (SSSR count). The van der Waals surface area contributed by atoms with E-state index in [0.29, 0.717) is 11.3 Å². The van der Waals surface area contributed by atoms with Crippen LogP contribution in [0.1, 0.15) is 169 Å². The molecule has 0 radical (unpaired) electrons. The van der Waals surface area contributed by atoms with Gasteiger partial charge in [0.25, 0.3) is 0 Å². The lowest BCUT2D eigenvalue weighted by Gasteiger charge is -2.13. The van der Waals surface area contributed by atoms with E-state index in [1.165, 1.54) is 36.8 Å². The number of hydrogen-bond acceptors (Lipinski definition) is 1. The molecule has 240 valence electrons. The number of nitrogens with zero attached hydrogens (tertiary/aromatic N) is 1. The molecule has 0 aliphatic carbocycles. The molecule has 0 unspecified atom stereocenters. The van der Waals surface area contributed by atoms with E-state index in [2.05, 4.69) is 109 Å². The summed E-state index contributed by atoms with van der Waals surface area (Å²) < 4.78 is 0. The van der Waals surface area contributed by atoms with E-state index >= 15 is 0 Å². The van der Waals surface area contributed by atoms with Gasteiger partial charge in [0, 0.05) is 11.9 Å². The van der Waals surface area contributed by atoms with Crippen LogP contribution in [-0.2, 0) is 0 Å². The largest absolute Gasteiger partial charge is 0.260 e. The molecule has 40 heavy (non-hydrogen) atoms. The molecule has 0 saturated heterocycles. The lowest BCUT2D eigenvalue weighted by molar-refractivity contribution is 0.398. The molecule has 0 aromatic heterocycles. The van der Waals surface area contributed by atoms with Gasteiger partial charge in [0.05, 0.1) is 0 Å². The summed E-state index contributed by atoms with van der Waals surface area (Å²) in [6.07, 6.45) is 12.7. The van der Waals surface area contributed by atoms with Crippen LogP contribution in [0.3, 0.4) is 0 Å². The molecule has 0 aliphatic heterocycles. The number of hydrogen-bond donors (Lipinski definition) is 0. The van der Waals surface area contributed by atoms with Crippen molar-refractivity contribution in [2.24, 2.45) is 22.2 Å². The molecular weight excluding hydrogens is 482 g/mol. The lowest BCUT2D eigenvalue weighted by Crippen LogP contribution is -2.00. The monoisotopic (exact) mass is 562 g/mol. The van der Waals surface area contributed by atoms with Gasteiger partial charge in [0.2, 0.25) is 0 Å². The Hall–Kier alpha value is -1.63. The molecule has 0 fully saturated rings. The van der Waals surface area contributed by atoms with Crippen molar-refractivity contribution in [1.82, 2.24) is 0 Å². The van der Waals surface area contributed by atoms with Crippen molar-refractivity contribution in [3.05, 3.63) is 60.4 Å². The highest BCUT2D eigenvalue weighted by molar-refractivity contribution is 5.84. The molecular formula is C39H79N. The van der Waals surface area contributed by atoms with Gasteiger partial charge in [0.1, 0.15) is 0 Å². The molecule has 0 amide bonds.